The van der Waals surface area contributed by atoms with Gasteiger partial charge in [-0.15, -0.1) is 12.6 Å². The van der Waals surface area contributed by atoms with Gasteiger partial charge in [0.1, 0.15) is 5.82 Å². The topological polar surface area (TPSA) is 32.3 Å². The number of carbonyl (C=O) groups excluding carboxylic acids is 1. The van der Waals surface area contributed by atoms with Gasteiger partial charge in [-0.05, 0) is 32.3 Å². The average Bonchev–Trinajstić information content (AvgIpc) is 2.21. The van der Waals surface area contributed by atoms with E-state index in [4.69, 9.17) is 0 Å². The Hall–Kier alpha value is -1.07. The predicted molar refractivity (Wildman–Crippen MR) is 64.5 cm³/mol. The van der Waals surface area contributed by atoms with Crippen LogP contribution in [0.2, 0.25) is 0 Å². The monoisotopic (exact) mass is 242 g/mol. The first-order valence-corrected chi connectivity index (χ1v) is 5.37. The lowest BCUT2D eigenvalue weighted by atomic mass is 10.2. The van der Waals surface area contributed by atoms with Crippen LogP contribution >= 0.6 is 12.6 Å². The van der Waals surface area contributed by atoms with Crippen molar-refractivity contribution in [3.63, 3.8) is 0 Å². The van der Waals surface area contributed by atoms with Gasteiger partial charge in [0, 0.05) is 18.0 Å². The largest absolute Gasteiger partial charge is 0.351 e. The fourth-order valence-corrected chi connectivity index (χ4v) is 1.38. The summed E-state index contributed by atoms with van der Waals surface area (Å²) in [6.45, 7) is 1.20. The lowest BCUT2D eigenvalue weighted by molar-refractivity contribution is 0.0947. The summed E-state index contributed by atoms with van der Waals surface area (Å²) in [7, 11) is 3.81. The van der Waals surface area contributed by atoms with Crippen LogP contribution in [0.25, 0.3) is 0 Å². The lowest BCUT2D eigenvalue weighted by Gasteiger charge is -2.10. The van der Waals surface area contributed by atoms with E-state index >= 15 is 0 Å². The molecule has 3 nitrogen and oxygen atoms in total. The molecule has 0 heterocycles. The first-order valence-electron chi connectivity index (χ1n) is 4.92. The van der Waals surface area contributed by atoms with E-state index in [-0.39, 0.29) is 5.56 Å². The molecule has 0 atom stereocenters. The highest BCUT2D eigenvalue weighted by Crippen LogP contribution is 2.13. The van der Waals surface area contributed by atoms with Crippen molar-refractivity contribution in [2.24, 2.45) is 0 Å². The van der Waals surface area contributed by atoms with Crippen molar-refractivity contribution < 1.29 is 9.18 Å². The molecule has 0 bridgehead atoms. The molecule has 0 radical (unpaired) electrons. The molecule has 0 spiro atoms. The Morgan fingerprint density at radius 2 is 2.19 bits per heavy atom. The van der Waals surface area contributed by atoms with Crippen molar-refractivity contribution in [1.82, 2.24) is 10.2 Å². The van der Waals surface area contributed by atoms with Crippen molar-refractivity contribution in [3.8, 4) is 0 Å². The van der Waals surface area contributed by atoms with Crippen molar-refractivity contribution in [1.29, 1.82) is 0 Å². The van der Waals surface area contributed by atoms with Gasteiger partial charge in [0.2, 0.25) is 0 Å². The third-order valence-corrected chi connectivity index (χ3v) is 2.32. The van der Waals surface area contributed by atoms with Crippen LogP contribution < -0.4 is 5.32 Å². The summed E-state index contributed by atoms with van der Waals surface area (Å²) in [5.41, 5.74) is 0.0336. The second-order valence-corrected chi connectivity index (χ2v) is 4.24. The third-order valence-electron chi connectivity index (χ3n) is 2.04. The molecule has 0 saturated heterocycles. The number of halogens is 1. The third kappa shape index (κ3) is 3.83. The van der Waals surface area contributed by atoms with Crippen LogP contribution in [-0.4, -0.2) is 38.0 Å². The van der Waals surface area contributed by atoms with E-state index in [0.29, 0.717) is 18.0 Å². The van der Waals surface area contributed by atoms with Gasteiger partial charge >= 0.3 is 0 Å². The second-order valence-electron chi connectivity index (χ2n) is 3.72. The standard InChI is InChI=1S/C11H15FN2OS/c1-14(2)6-5-13-11(15)9-7-8(16)3-4-10(9)12/h3-4,7,16H,5-6H2,1-2H3,(H,13,15). The van der Waals surface area contributed by atoms with E-state index in [2.05, 4.69) is 17.9 Å². The zero-order valence-electron chi connectivity index (χ0n) is 9.33. The van der Waals surface area contributed by atoms with Crippen LogP contribution in [0.1, 0.15) is 10.4 Å². The van der Waals surface area contributed by atoms with Gasteiger partial charge in [-0.3, -0.25) is 4.79 Å². The van der Waals surface area contributed by atoms with Crippen LogP contribution in [-0.2, 0) is 0 Å². The molecule has 1 rings (SSSR count). The summed E-state index contributed by atoms with van der Waals surface area (Å²) in [6.07, 6.45) is 0. The van der Waals surface area contributed by atoms with E-state index in [1.165, 1.54) is 18.2 Å². The molecule has 1 amide bonds. The van der Waals surface area contributed by atoms with Crippen LogP contribution in [0.15, 0.2) is 23.1 Å². The fourth-order valence-electron chi connectivity index (χ4n) is 1.18. The van der Waals surface area contributed by atoms with Gasteiger partial charge < -0.3 is 10.2 Å². The van der Waals surface area contributed by atoms with Crippen molar-refractivity contribution >= 4 is 18.5 Å². The molecule has 88 valence electrons. The molecule has 0 aliphatic heterocycles. The van der Waals surface area contributed by atoms with Gasteiger partial charge in [-0.2, -0.15) is 0 Å². The predicted octanol–water partition coefficient (Wildman–Crippen LogP) is 1.41. The SMILES string of the molecule is CN(C)CCNC(=O)c1cc(S)ccc1F. The number of nitrogens with one attached hydrogen (secondary N) is 1. The molecule has 1 N–H and O–H groups in total. The van der Waals surface area contributed by atoms with Crippen molar-refractivity contribution in [2.75, 3.05) is 27.2 Å². The second kappa shape index (κ2) is 5.86. The Morgan fingerprint density at radius 3 is 2.81 bits per heavy atom. The number of likely N-dealkylation sites (N-methyl/N-ethyl adjacent to an activating group) is 1. The molecular weight excluding hydrogens is 227 g/mol. The Labute approximate surface area is 100 Å². The zero-order chi connectivity index (χ0) is 12.1. The summed E-state index contributed by atoms with van der Waals surface area (Å²) in [6, 6.07) is 4.17. The molecule has 16 heavy (non-hydrogen) atoms. The zero-order valence-corrected chi connectivity index (χ0v) is 10.2. The van der Waals surface area contributed by atoms with Crippen LogP contribution in [0, 0.1) is 5.82 Å². The van der Waals surface area contributed by atoms with E-state index < -0.39 is 11.7 Å². The highest BCUT2D eigenvalue weighted by atomic mass is 32.1. The van der Waals surface area contributed by atoms with Gasteiger partial charge in [-0.25, -0.2) is 4.39 Å². The summed E-state index contributed by atoms with van der Waals surface area (Å²) in [4.78, 5) is 14.1. The summed E-state index contributed by atoms with van der Waals surface area (Å²) < 4.78 is 13.3. The van der Waals surface area contributed by atoms with Gasteiger partial charge in [0.15, 0.2) is 0 Å². The highest BCUT2D eigenvalue weighted by molar-refractivity contribution is 7.80. The van der Waals surface area contributed by atoms with Crippen molar-refractivity contribution in [3.05, 3.63) is 29.6 Å². The van der Waals surface area contributed by atoms with E-state index in [1.54, 1.807) is 0 Å². The number of thiol groups is 1. The lowest BCUT2D eigenvalue weighted by Crippen LogP contribution is -2.31. The van der Waals surface area contributed by atoms with Crippen LogP contribution in [0.3, 0.4) is 0 Å². The molecule has 1 aromatic rings. The Kier molecular flexibility index (Phi) is 4.76. The molecule has 1 aromatic carbocycles. The van der Waals surface area contributed by atoms with Crippen molar-refractivity contribution in [2.45, 2.75) is 4.90 Å². The number of nitrogens with zero attached hydrogens (tertiary/aromatic N) is 1. The Morgan fingerprint density at radius 1 is 1.50 bits per heavy atom. The maximum atomic E-state index is 13.3. The summed E-state index contributed by atoms with van der Waals surface area (Å²) >= 11 is 4.06. The van der Waals surface area contributed by atoms with Gasteiger partial charge in [0.05, 0.1) is 5.56 Å². The quantitative estimate of drug-likeness (QED) is 0.782. The number of rotatable bonds is 4. The first kappa shape index (κ1) is 13.0. The smallest absolute Gasteiger partial charge is 0.254 e. The molecular formula is C11H15FN2OS. The van der Waals surface area contributed by atoms with Gasteiger partial charge in [0.25, 0.3) is 5.91 Å². The summed E-state index contributed by atoms with van der Waals surface area (Å²) in [5, 5.41) is 2.64. The Bertz CT molecular complexity index is 382. The maximum absolute atomic E-state index is 13.3. The molecule has 0 unspecified atom stereocenters. The fraction of sp³-hybridized carbons (Fsp3) is 0.364. The maximum Gasteiger partial charge on any atom is 0.254 e. The Balaban J connectivity index is 2.62. The number of hydrogen-bond acceptors (Lipinski definition) is 3. The minimum absolute atomic E-state index is 0.0336. The van der Waals surface area contributed by atoms with E-state index in [1.807, 2.05) is 19.0 Å². The molecule has 5 heteroatoms. The minimum atomic E-state index is -0.528. The molecule has 0 aliphatic rings. The van der Waals surface area contributed by atoms with E-state index in [0.717, 1.165) is 0 Å². The number of amides is 1. The number of carbonyl (C=O) groups is 1. The number of benzene rings is 1. The highest BCUT2D eigenvalue weighted by Gasteiger charge is 2.11. The first-order chi connectivity index (χ1) is 7.50. The average molecular weight is 242 g/mol. The molecule has 0 fully saturated rings. The van der Waals surface area contributed by atoms with E-state index in [9.17, 15) is 9.18 Å². The molecule has 0 aromatic heterocycles. The van der Waals surface area contributed by atoms with Crippen LogP contribution in [0.4, 0.5) is 4.39 Å². The molecule has 0 saturated carbocycles. The van der Waals surface area contributed by atoms with Gasteiger partial charge in [-0.1, -0.05) is 0 Å². The number of hydrogen-bond donors (Lipinski definition) is 2. The normalized spacial score (nSPS) is 10.6. The van der Waals surface area contributed by atoms with Crippen LogP contribution in [0.5, 0.6) is 0 Å². The summed E-state index contributed by atoms with van der Waals surface area (Å²) in [5.74, 6) is -0.935. The minimum Gasteiger partial charge on any atom is -0.351 e. The molecule has 0 aliphatic carbocycles.